The van der Waals surface area contributed by atoms with E-state index >= 15 is 0 Å². The van der Waals surface area contributed by atoms with Crippen molar-refractivity contribution in [1.82, 2.24) is 4.98 Å². The molecule has 0 atom stereocenters. The van der Waals surface area contributed by atoms with Gasteiger partial charge in [0.2, 0.25) is 5.91 Å². The van der Waals surface area contributed by atoms with Crippen molar-refractivity contribution in [2.24, 2.45) is 5.73 Å². The second-order valence-electron chi connectivity index (χ2n) is 9.29. The molecule has 9 nitrogen and oxygen atoms in total. The first-order valence-corrected chi connectivity index (χ1v) is 17.8. The topological polar surface area (TPSA) is 151 Å². The van der Waals surface area contributed by atoms with Gasteiger partial charge in [0, 0.05) is 32.4 Å². The van der Waals surface area contributed by atoms with Crippen molar-refractivity contribution >= 4 is 84.6 Å². The maximum Gasteiger partial charge on any atom is 0.399 e. The highest BCUT2D eigenvalue weighted by molar-refractivity contribution is 9.10. The number of sulfone groups is 1. The number of alkyl halides is 2. The van der Waals surface area contributed by atoms with Crippen molar-refractivity contribution in [3.05, 3.63) is 91.2 Å². The maximum absolute atomic E-state index is 14.4. The molecule has 0 bridgehead atoms. The van der Waals surface area contributed by atoms with Crippen molar-refractivity contribution < 1.29 is 36.3 Å². The van der Waals surface area contributed by atoms with Crippen LogP contribution >= 0.6 is 58.1 Å². The van der Waals surface area contributed by atoms with E-state index in [0.717, 1.165) is 23.7 Å². The minimum Gasteiger partial charge on any atom is -0.369 e. The minimum atomic E-state index is -5.80. The lowest BCUT2D eigenvalue weighted by Gasteiger charge is -2.24. The van der Waals surface area contributed by atoms with Crippen LogP contribution in [0.4, 0.5) is 19.6 Å². The van der Waals surface area contributed by atoms with Crippen LogP contribution < -0.4 is 10.6 Å². The van der Waals surface area contributed by atoms with Gasteiger partial charge in [0.1, 0.15) is 0 Å². The van der Waals surface area contributed by atoms with Gasteiger partial charge in [0.05, 0.1) is 33.6 Å². The molecule has 3 aromatic carbocycles. The summed E-state index contributed by atoms with van der Waals surface area (Å²) in [4.78, 5) is 37.3. The molecule has 17 heteroatoms. The predicted octanol–water partition coefficient (Wildman–Crippen LogP) is 6.88. The average Bonchev–Trinajstić information content (AvgIpc) is 3.30. The van der Waals surface area contributed by atoms with Gasteiger partial charge in [-0.05, 0) is 42.0 Å². The first kappa shape index (κ1) is 33.5. The number of benzene rings is 3. The fraction of sp³-hybridized carbons (Fsp3) is 0.154. The summed E-state index contributed by atoms with van der Waals surface area (Å²) in [7, 11) is -9.26. The third kappa shape index (κ3) is 7.46. The number of carbonyl (C=O) groups is 1. The Morgan fingerprint density at radius 3 is 2.28 bits per heavy atom. The number of nitrogens with two attached hydrogens (primary N) is 1. The molecular formula is C26H21BrCl2F2N3O6PS2. The van der Waals surface area contributed by atoms with Gasteiger partial charge >= 0.3 is 13.3 Å². The number of halogens is 5. The molecule has 0 saturated heterocycles. The fourth-order valence-corrected chi connectivity index (χ4v) is 7.35. The van der Waals surface area contributed by atoms with Crippen LogP contribution in [0.3, 0.4) is 0 Å². The number of aromatic nitrogens is 1. The van der Waals surface area contributed by atoms with Crippen LogP contribution in [0, 0.1) is 0 Å². The molecule has 1 amide bonds. The van der Waals surface area contributed by atoms with E-state index in [4.69, 9.17) is 43.7 Å². The Labute approximate surface area is 267 Å². The molecule has 0 spiro atoms. The van der Waals surface area contributed by atoms with Gasteiger partial charge < -0.3 is 20.4 Å². The van der Waals surface area contributed by atoms with Crippen LogP contribution in [0.1, 0.15) is 16.0 Å². The first-order chi connectivity index (χ1) is 19.9. The summed E-state index contributed by atoms with van der Waals surface area (Å²) in [5.41, 5.74) is 2.02. The molecule has 4 rings (SSSR count). The third-order valence-electron chi connectivity index (χ3n) is 6.09. The lowest BCUT2D eigenvalue weighted by Crippen LogP contribution is -2.18. The number of amides is 1. The Kier molecular flexibility index (Phi) is 9.75. The van der Waals surface area contributed by atoms with Crippen LogP contribution in [0.5, 0.6) is 0 Å². The number of thiazole rings is 1. The molecule has 0 radical (unpaired) electrons. The zero-order valence-corrected chi connectivity index (χ0v) is 27.5. The molecule has 228 valence electrons. The van der Waals surface area contributed by atoms with Crippen molar-refractivity contribution in [2.45, 2.75) is 23.5 Å². The van der Waals surface area contributed by atoms with Crippen LogP contribution in [0.15, 0.2) is 70.0 Å². The lowest BCUT2D eigenvalue weighted by molar-refractivity contribution is -0.117. The van der Waals surface area contributed by atoms with Gasteiger partial charge in [-0.25, -0.2) is 13.4 Å². The third-order valence-corrected chi connectivity index (χ3v) is 10.7. The van der Waals surface area contributed by atoms with E-state index in [1.54, 1.807) is 35.2 Å². The zero-order valence-electron chi connectivity index (χ0n) is 21.8. The predicted molar refractivity (Wildman–Crippen MR) is 166 cm³/mol. The molecular weight excluding hydrogens is 734 g/mol. The number of anilines is 2. The number of primary amides is 1. The van der Waals surface area contributed by atoms with Crippen LogP contribution in [0.25, 0.3) is 11.3 Å². The molecule has 4 N–H and O–H groups in total. The molecule has 0 unspecified atom stereocenters. The summed E-state index contributed by atoms with van der Waals surface area (Å²) in [5.74, 6) is -0.629. The summed E-state index contributed by atoms with van der Waals surface area (Å²) in [6.07, 6.45) is 0.905. The fourth-order valence-electron chi connectivity index (χ4n) is 3.98. The number of hydrogen-bond donors (Lipinski definition) is 3. The van der Waals surface area contributed by atoms with Gasteiger partial charge in [0.25, 0.3) is 0 Å². The Morgan fingerprint density at radius 1 is 1.09 bits per heavy atom. The largest absolute Gasteiger partial charge is 0.399 e. The van der Waals surface area contributed by atoms with E-state index in [9.17, 15) is 26.6 Å². The van der Waals surface area contributed by atoms with Gasteiger partial charge in [0.15, 0.2) is 15.0 Å². The Morgan fingerprint density at radius 2 is 1.74 bits per heavy atom. The maximum atomic E-state index is 14.4. The van der Waals surface area contributed by atoms with E-state index in [0.29, 0.717) is 32.5 Å². The van der Waals surface area contributed by atoms with E-state index in [1.165, 1.54) is 24.3 Å². The van der Waals surface area contributed by atoms with Crippen LogP contribution in [-0.2, 0) is 37.8 Å². The van der Waals surface area contributed by atoms with Crippen LogP contribution in [-0.4, -0.2) is 35.4 Å². The van der Waals surface area contributed by atoms with Gasteiger partial charge in [-0.15, -0.1) is 11.3 Å². The highest BCUT2D eigenvalue weighted by Crippen LogP contribution is 2.60. The summed E-state index contributed by atoms with van der Waals surface area (Å²) in [6.45, 7) is 0.00824. The standard InChI is InChI=1S/C26H21BrCl2F2N3O6PS2/c1-43(39,40)17-6-3-15(4-7-17)24-22(12-23(32)35)42-25(33-24)34(16-5-9-20(28)21(29)11-16)13-14-2-8-18(19(27)10-14)26(30,31)41(36,37)38/h2-11H,12-13H2,1H3,(H2,32,35)(H2,36,37,38). The second kappa shape index (κ2) is 12.5. The first-order valence-electron chi connectivity index (χ1n) is 11.9. The summed E-state index contributed by atoms with van der Waals surface area (Å²) in [5, 5.41) is 0.836. The van der Waals surface area contributed by atoms with E-state index in [1.807, 2.05) is 0 Å². The number of hydrogen-bond acceptors (Lipinski definition) is 7. The number of carbonyl (C=O) groups excluding carboxylic acids is 1. The highest BCUT2D eigenvalue weighted by Gasteiger charge is 2.51. The Balaban J connectivity index is 1.83. The molecule has 0 aliphatic heterocycles. The van der Waals surface area contributed by atoms with Crippen molar-refractivity contribution in [3.8, 4) is 11.3 Å². The molecule has 4 aromatic rings. The number of nitrogens with zero attached hydrogens (tertiary/aromatic N) is 2. The Bertz CT molecular complexity index is 1870. The van der Waals surface area contributed by atoms with Crippen molar-refractivity contribution in [2.75, 3.05) is 11.2 Å². The molecule has 0 saturated carbocycles. The molecule has 1 aromatic heterocycles. The van der Waals surface area contributed by atoms with E-state index < -0.39 is 34.6 Å². The lowest BCUT2D eigenvalue weighted by atomic mass is 10.1. The van der Waals surface area contributed by atoms with Crippen molar-refractivity contribution in [3.63, 3.8) is 0 Å². The Hall–Kier alpha value is -2.42. The summed E-state index contributed by atoms with van der Waals surface area (Å²) < 4.78 is 63.9. The highest BCUT2D eigenvalue weighted by atomic mass is 79.9. The van der Waals surface area contributed by atoms with Gasteiger partial charge in [-0.3, -0.25) is 9.36 Å². The monoisotopic (exact) mass is 753 g/mol. The normalized spacial score (nSPS) is 12.4. The summed E-state index contributed by atoms with van der Waals surface area (Å²) >= 11 is 16.5. The summed E-state index contributed by atoms with van der Waals surface area (Å²) in [6, 6.07) is 14.2. The molecule has 0 fully saturated rings. The second-order valence-corrected chi connectivity index (χ2v) is 15.7. The van der Waals surface area contributed by atoms with E-state index in [2.05, 4.69) is 15.9 Å². The zero-order chi connectivity index (χ0) is 31.9. The molecule has 43 heavy (non-hydrogen) atoms. The smallest absolute Gasteiger partial charge is 0.369 e. The minimum absolute atomic E-state index is 0.00824. The quantitative estimate of drug-likeness (QED) is 0.148. The van der Waals surface area contributed by atoms with Gasteiger partial charge in [-0.2, -0.15) is 8.78 Å². The van der Waals surface area contributed by atoms with Crippen molar-refractivity contribution in [1.29, 1.82) is 0 Å². The molecule has 1 heterocycles. The SMILES string of the molecule is CS(=O)(=O)c1ccc(-c2nc(N(Cc3ccc(C(F)(F)P(=O)(O)O)c(Br)c3)c3ccc(Cl)c(Cl)c3)sc2CC(N)=O)cc1. The van der Waals surface area contributed by atoms with E-state index in [-0.39, 0.29) is 32.4 Å². The number of rotatable bonds is 10. The molecule has 0 aliphatic rings. The average molecular weight is 755 g/mol. The van der Waals surface area contributed by atoms with Crippen LogP contribution in [0.2, 0.25) is 10.0 Å². The molecule has 0 aliphatic carbocycles. The van der Waals surface area contributed by atoms with Gasteiger partial charge in [-0.1, -0.05) is 63.4 Å².